The molecule has 0 spiro atoms. The molecule has 2 saturated heterocycles. The molecule has 0 aliphatic carbocycles. The fourth-order valence-corrected chi connectivity index (χ4v) is 3.14. The molecule has 2 bridgehead atoms. The van der Waals surface area contributed by atoms with E-state index in [4.69, 9.17) is 30.5 Å². The zero-order valence-corrected chi connectivity index (χ0v) is 12.2. The zero-order valence-electron chi connectivity index (χ0n) is 11.5. The second-order valence-corrected chi connectivity index (χ2v) is 5.48. The van der Waals surface area contributed by atoms with Crippen molar-refractivity contribution in [2.45, 2.75) is 37.1 Å². The minimum absolute atomic E-state index is 0.0287. The van der Waals surface area contributed by atoms with Gasteiger partial charge < -0.3 is 18.9 Å². The summed E-state index contributed by atoms with van der Waals surface area (Å²) in [7, 11) is 1.65. The van der Waals surface area contributed by atoms with Crippen LogP contribution in [0.2, 0.25) is 0 Å². The van der Waals surface area contributed by atoms with Crippen molar-refractivity contribution in [2.75, 3.05) is 19.6 Å². The van der Waals surface area contributed by atoms with Crippen molar-refractivity contribution < 1.29 is 18.9 Å². The molecule has 0 aromatic heterocycles. The van der Waals surface area contributed by atoms with E-state index in [0.29, 0.717) is 13.2 Å². The number of hydrogen-bond donors (Lipinski definition) is 0. The van der Waals surface area contributed by atoms with Crippen LogP contribution in [0.1, 0.15) is 12.0 Å². The van der Waals surface area contributed by atoms with Gasteiger partial charge in [-0.3, -0.25) is 0 Å². The molecule has 20 heavy (non-hydrogen) atoms. The van der Waals surface area contributed by atoms with Crippen molar-refractivity contribution in [3.05, 3.63) is 35.9 Å². The third kappa shape index (κ3) is 2.59. The van der Waals surface area contributed by atoms with E-state index in [9.17, 15) is 0 Å². The monoisotopic (exact) mass is 298 g/mol. The van der Waals surface area contributed by atoms with E-state index >= 15 is 0 Å². The first-order valence-electron chi connectivity index (χ1n) is 6.83. The Kier molecular flexibility index (Phi) is 4.29. The zero-order chi connectivity index (χ0) is 14.0. The number of halogens is 1. The predicted octanol–water partition coefficient (Wildman–Crippen LogP) is 2.34. The van der Waals surface area contributed by atoms with E-state index < -0.39 is 5.79 Å². The van der Waals surface area contributed by atoms with E-state index in [-0.39, 0.29) is 24.2 Å². The lowest BCUT2D eigenvalue weighted by atomic mass is 9.98. The highest BCUT2D eigenvalue weighted by Gasteiger charge is 2.55. The van der Waals surface area contributed by atoms with Gasteiger partial charge in [0.2, 0.25) is 5.79 Å². The lowest BCUT2D eigenvalue weighted by molar-refractivity contribution is -0.262. The fourth-order valence-electron chi connectivity index (χ4n) is 2.83. The number of methoxy groups -OCH3 is 1. The Morgan fingerprint density at radius 2 is 2.15 bits per heavy atom. The number of benzene rings is 1. The molecule has 110 valence electrons. The van der Waals surface area contributed by atoms with Gasteiger partial charge in [-0.1, -0.05) is 30.3 Å². The van der Waals surface area contributed by atoms with Crippen LogP contribution in [0.15, 0.2) is 30.3 Å². The summed E-state index contributed by atoms with van der Waals surface area (Å²) < 4.78 is 23.2. The second-order valence-electron chi connectivity index (χ2n) is 5.21. The molecule has 1 aromatic carbocycles. The quantitative estimate of drug-likeness (QED) is 0.782. The van der Waals surface area contributed by atoms with E-state index in [1.807, 2.05) is 30.3 Å². The van der Waals surface area contributed by atoms with Crippen molar-refractivity contribution in [1.29, 1.82) is 0 Å². The van der Waals surface area contributed by atoms with Crippen LogP contribution in [0.3, 0.4) is 0 Å². The maximum Gasteiger partial charge on any atom is 0.209 e. The van der Waals surface area contributed by atoms with Gasteiger partial charge in [-0.15, -0.1) is 11.6 Å². The summed E-state index contributed by atoms with van der Waals surface area (Å²) >= 11 is 5.99. The van der Waals surface area contributed by atoms with E-state index in [2.05, 4.69) is 0 Å². The van der Waals surface area contributed by atoms with Gasteiger partial charge in [-0.25, -0.2) is 0 Å². The van der Waals surface area contributed by atoms with Crippen LogP contribution in [-0.2, 0) is 25.6 Å². The SMILES string of the molecule is CO[C@@H]1C[C@H](OCc2ccccc2)[C@H]2CO[C@]1(CCl)O2. The van der Waals surface area contributed by atoms with Crippen LogP contribution in [-0.4, -0.2) is 43.7 Å². The smallest absolute Gasteiger partial charge is 0.209 e. The molecule has 2 aliphatic rings. The first-order chi connectivity index (χ1) is 9.77. The molecule has 2 fully saturated rings. The third-order valence-electron chi connectivity index (χ3n) is 3.97. The molecule has 5 heteroatoms. The summed E-state index contributed by atoms with van der Waals surface area (Å²) in [6.45, 7) is 1.07. The highest BCUT2D eigenvalue weighted by atomic mass is 35.5. The van der Waals surface area contributed by atoms with Gasteiger partial charge >= 0.3 is 0 Å². The summed E-state index contributed by atoms with van der Waals surface area (Å²) in [5, 5.41) is 0. The summed E-state index contributed by atoms with van der Waals surface area (Å²) in [5.74, 6) is -0.527. The van der Waals surface area contributed by atoms with E-state index in [1.165, 1.54) is 0 Å². The Morgan fingerprint density at radius 3 is 2.85 bits per heavy atom. The average Bonchev–Trinajstić information content (AvgIpc) is 2.89. The molecule has 0 saturated carbocycles. The summed E-state index contributed by atoms with van der Waals surface area (Å²) in [6.07, 6.45) is 0.447. The van der Waals surface area contributed by atoms with Gasteiger partial charge in [0.15, 0.2) is 0 Å². The predicted molar refractivity (Wildman–Crippen MR) is 74.7 cm³/mol. The molecule has 0 unspecified atom stereocenters. The maximum atomic E-state index is 5.99. The number of rotatable bonds is 5. The number of ether oxygens (including phenoxy) is 4. The van der Waals surface area contributed by atoms with E-state index in [0.717, 1.165) is 12.0 Å². The Labute approximate surface area is 123 Å². The average molecular weight is 299 g/mol. The lowest BCUT2D eigenvalue weighted by Gasteiger charge is -2.40. The van der Waals surface area contributed by atoms with Crippen molar-refractivity contribution >= 4 is 11.6 Å². The lowest BCUT2D eigenvalue weighted by Crippen LogP contribution is -2.54. The maximum absolute atomic E-state index is 5.99. The summed E-state index contributed by atoms with van der Waals surface area (Å²) in [4.78, 5) is 0. The van der Waals surface area contributed by atoms with Crippen LogP contribution in [0.4, 0.5) is 0 Å². The third-order valence-corrected chi connectivity index (χ3v) is 4.34. The van der Waals surface area contributed by atoms with Gasteiger partial charge in [-0.05, 0) is 5.56 Å². The standard InChI is InChI=1S/C15H19ClO4/c1-17-14-7-12(13-9-19-15(14,10-16)20-13)18-8-11-5-3-2-4-6-11/h2-6,12-14H,7-10H2,1H3/t12-,13+,14+,15+/m0/s1. The molecule has 2 aliphatic heterocycles. The topological polar surface area (TPSA) is 36.9 Å². The van der Waals surface area contributed by atoms with Gasteiger partial charge in [0.1, 0.15) is 12.2 Å². The van der Waals surface area contributed by atoms with Gasteiger partial charge in [-0.2, -0.15) is 0 Å². The van der Waals surface area contributed by atoms with Gasteiger partial charge in [0.25, 0.3) is 0 Å². The highest BCUT2D eigenvalue weighted by Crippen LogP contribution is 2.40. The van der Waals surface area contributed by atoms with Crippen molar-refractivity contribution in [3.8, 4) is 0 Å². The summed E-state index contributed by atoms with van der Waals surface area (Å²) in [6, 6.07) is 10.1. The van der Waals surface area contributed by atoms with Crippen LogP contribution >= 0.6 is 11.6 Å². The Bertz CT molecular complexity index is 441. The molecular weight excluding hydrogens is 280 g/mol. The molecule has 4 nitrogen and oxygen atoms in total. The van der Waals surface area contributed by atoms with Crippen LogP contribution in [0, 0.1) is 0 Å². The Balaban J connectivity index is 1.64. The molecular formula is C15H19ClO4. The first-order valence-corrected chi connectivity index (χ1v) is 7.37. The van der Waals surface area contributed by atoms with E-state index in [1.54, 1.807) is 7.11 Å². The minimum atomic E-state index is -0.798. The molecule has 0 N–H and O–H groups in total. The Morgan fingerprint density at radius 1 is 1.35 bits per heavy atom. The van der Waals surface area contributed by atoms with Gasteiger partial charge in [0, 0.05) is 13.5 Å². The fraction of sp³-hybridized carbons (Fsp3) is 0.600. The largest absolute Gasteiger partial charge is 0.376 e. The summed E-state index contributed by atoms with van der Waals surface area (Å²) in [5.41, 5.74) is 1.15. The molecule has 2 heterocycles. The number of alkyl halides is 1. The van der Waals surface area contributed by atoms with Crippen molar-refractivity contribution in [1.82, 2.24) is 0 Å². The van der Waals surface area contributed by atoms with Crippen LogP contribution < -0.4 is 0 Å². The molecule has 4 atom stereocenters. The molecule has 1 aromatic rings. The first kappa shape index (κ1) is 14.3. The van der Waals surface area contributed by atoms with Crippen molar-refractivity contribution in [3.63, 3.8) is 0 Å². The minimum Gasteiger partial charge on any atom is -0.376 e. The Hall–Kier alpha value is -0.650. The molecule has 3 rings (SSSR count). The highest BCUT2D eigenvalue weighted by molar-refractivity contribution is 6.18. The number of hydrogen-bond acceptors (Lipinski definition) is 4. The van der Waals surface area contributed by atoms with Gasteiger partial charge in [0.05, 0.1) is 25.2 Å². The van der Waals surface area contributed by atoms with Crippen molar-refractivity contribution in [2.24, 2.45) is 0 Å². The molecule has 0 radical (unpaired) electrons. The molecule has 0 amide bonds. The van der Waals surface area contributed by atoms with Crippen LogP contribution in [0.5, 0.6) is 0 Å². The number of fused-ring (bicyclic) bond motifs is 2. The normalized spacial score (nSPS) is 36.2. The van der Waals surface area contributed by atoms with Crippen LogP contribution in [0.25, 0.3) is 0 Å². The second kappa shape index (κ2) is 6.00.